The molecule has 1 N–H and O–H groups in total. The van der Waals surface area contributed by atoms with Gasteiger partial charge in [0.05, 0.1) is 24.9 Å². The van der Waals surface area contributed by atoms with Crippen LogP contribution in [0.3, 0.4) is 0 Å². The smallest absolute Gasteiger partial charge is 0.131 e. The first-order valence-corrected chi connectivity index (χ1v) is 6.44. The lowest BCUT2D eigenvalue weighted by molar-refractivity contribution is 0.299. The molecule has 0 bridgehead atoms. The minimum absolute atomic E-state index is 0.118. The van der Waals surface area contributed by atoms with Gasteiger partial charge >= 0.3 is 0 Å². The number of aliphatic hydroxyl groups is 1. The van der Waals surface area contributed by atoms with Crippen LogP contribution in [-0.4, -0.2) is 30.9 Å². The van der Waals surface area contributed by atoms with Crippen LogP contribution >= 0.6 is 11.3 Å². The average molecular weight is 265 g/mol. The number of aromatic nitrogens is 1. The highest BCUT2D eigenvalue weighted by molar-refractivity contribution is 7.09. The van der Waals surface area contributed by atoms with E-state index in [0.717, 1.165) is 27.8 Å². The second-order valence-electron chi connectivity index (χ2n) is 3.67. The molecule has 0 saturated carbocycles. The molecule has 0 aliphatic rings. The van der Waals surface area contributed by atoms with E-state index in [4.69, 9.17) is 14.6 Å². The fourth-order valence-corrected chi connectivity index (χ4v) is 2.44. The van der Waals surface area contributed by atoms with Crippen molar-refractivity contribution in [3.05, 3.63) is 28.6 Å². The van der Waals surface area contributed by atoms with Crippen LogP contribution in [0.15, 0.2) is 23.6 Å². The van der Waals surface area contributed by atoms with Gasteiger partial charge in [-0.15, -0.1) is 11.3 Å². The summed E-state index contributed by atoms with van der Waals surface area (Å²) in [5.41, 5.74) is 1.79. The molecule has 0 unspecified atom stereocenters. The van der Waals surface area contributed by atoms with Crippen LogP contribution in [-0.2, 0) is 6.42 Å². The van der Waals surface area contributed by atoms with Gasteiger partial charge in [0.2, 0.25) is 0 Å². The Morgan fingerprint density at radius 2 is 2.11 bits per heavy atom. The van der Waals surface area contributed by atoms with Gasteiger partial charge in [-0.1, -0.05) is 0 Å². The summed E-state index contributed by atoms with van der Waals surface area (Å²) >= 11 is 1.54. The van der Waals surface area contributed by atoms with Crippen LogP contribution in [0.25, 0.3) is 11.3 Å². The Balaban J connectivity index is 2.36. The number of nitrogens with zero attached hydrogens (tertiary/aromatic N) is 1. The lowest BCUT2D eigenvalue weighted by Crippen LogP contribution is -1.92. The highest BCUT2D eigenvalue weighted by Gasteiger charge is 2.10. The zero-order chi connectivity index (χ0) is 13.0. The molecule has 0 atom stereocenters. The summed E-state index contributed by atoms with van der Waals surface area (Å²) in [6, 6.07) is 5.64. The zero-order valence-corrected chi connectivity index (χ0v) is 11.2. The third-order valence-corrected chi connectivity index (χ3v) is 3.47. The molecule has 18 heavy (non-hydrogen) atoms. The first-order valence-electron chi connectivity index (χ1n) is 5.56. The number of hydrogen-bond donors (Lipinski definition) is 1. The quantitative estimate of drug-likeness (QED) is 0.901. The van der Waals surface area contributed by atoms with Gasteiger partial charge in [0.1, 0.15) is 11.5 Å². The molecule has 2 aromatic rings. The lowest BCUT2D eigenvalue weighted by atomic mass is 10.1. The maximum absolute atomic E-state index is 8.89. The van der Waals surface area contributed by atoms with Gasteiger partial charge in [0.15, 0.2) is 0 Å². The Morgan fingerprint density at radius 3 is 2.78 bits per heavy atom. The minimum Gasteiger partial charge on any atom is -0.497 e. The van der Waals surface area contributed by atoms with Crippen LogP contribution in [0, 0.1) is 0 Å². The topological polar surface area (TPSA) is 51.6 Å². The molecule has 0 spiro atoms. The largest absolute Gasteiger partial charge is 0.497 e. The van der Waals surface area contributed by atoms with Crippen molar-refractivity contribution in [3.8, 4) is 22.8 Å². The van der Waals surface area contributed by atoms with Crippen LogP contribution in [0.5, 0.6) is 11.5 Å². The molecule has 5 heteroatoms. The fraction of sp³-hybridized carbons (Fsp3) is 0.308. The van der Waals surface area contributed by atoms with E-state index < -0.39 is 0 Å². The van der Waals surface area contributed by atoms with Crippen molar-refractivity contribution in [2.75, 3.05) is 20.8 Å². The number of thiazole rings is 1. The number of ether oxygens (including phenoxy) is 2. The molecule has 4 nitrogen and oxygen atoms in total. The summed E-state index contributed by atoms with van der Waals surface area (Å²) in [4.78, 5) is 4.47. The van der Waals surface area contributed by atoms with Crippen molar-refractivity contribution in [3.63, 3.8) is 0 Å². The van der Waals surface area contributed by atoms with Gasteiger partial charge in [0.25, 0.3) is 0 Å². The molecular formula is C13H15NO3S. The standard InChI is InChI=1S/C13H15NO3S/c1-16-9-3-4-10(12(7-9)17-2)11-8-18-13(14-11)5-6-15/h3-4,7-8,15H,5-6H2,1-2H3. The molecule has 1 aromatic carbocycles. The van der Waals surface area contributed by atoms with E-state index in [0.29, 0.717) is 6.42 Å². The summed E-state index contributed by atoms with van der Waals surface area (Å²) in [6.07, 6.45) is 0.586. The highest BCUT2D eigenvalue weighted by atomic mass is 32.1. The third kappa shape index (κ3) is 2.63. The van der Waals surface area contributed by atoms with Gasteiger partial charge in [-0.2, -0.15) is 0 Å². The molecule has 1 aromatic heterocycles. The zero-order valence-electron chi connectivity index (χ0n) is 10.3. The van der Waals surface area contributed by atoms with Gasteiger partial charge in [0, 0.05) is 30.0 Å². The van der Waals surface area contributed by atoms with Gasteiger partial charge in [-0.25, -0.2) is 4.98 Å². The summed E-state index contributed by atoms with van der Waals surface area (Å²) in [7, 11) is 3.25. The molecule has 0 aliphatic heterocycles. The van der Waals surface area contributed by atoms with Crippen LogP contribution in [0.2, 0.25) is 0 Å². The normalized spacial score (nSPS) is 10.4. The molecular weight excluding hydrogens is 250 g/mol. The Labute approximate surface area is 110 Å². The van der Waals surface area contributed by atoms with Crippen LogP contribution < -0.4 is 9.47 Å². The summed E-state index contributed by atoms with van der Waals surface area (Å²) in [5, 5.41) is 11.8. The predicted molar refractivity (Wildman–Crippen MR) is 71.4 cm³/mol. The Morgan fingerprint density at radius 1 is 1.28 bits per heavy atom. The molecule has 0 fully saturated rings. The number of benzene rings is 1. The SMILES string of the molecule is COc1ccc(-c2csc(CCO)n2)c(OC)c1. The molecule has 0 amide bonds. The Hall–Kier alpha value is -1.59. The molecule has 0 radical (unpaired) electrons. The molecule has 2 rings (SSSR count). The van der Waals surface area contributed by atoms with Crippen molar-refractivity contribution in [1.82, 2.24) is 4.98 Å². The number of rotatable bonds is 5. The second-order valence-corrected chi connectivity index (χ2v) is 4.61. The summed E-state index contributed by atoms with van der Waals surface area (Å²) < 4.78 is 10.5. The molecule has 0 saturated heterocycles. The van der Waals surface area contributed by atoms with Gasteiger partial charge in [-0.3, -0.25) is 0 Å². The van der Waals surface area contributed by atoms with E-state index in [1.165, 1.54) is 0 Å². The summed E-state index contributed by atoms with van der Waals surface area (Å²) in [5.74, 6) is 1.48. The molecule has 0 aliphatic carbocycles. The van der Waals surface area contributed by atoms with E-state index in [9.17, 15) is 0 Å². The van der Waals surface area contributed by atoms with Crippen LogP contribution in [0.4, 0.5) is 0 Å². The van der Waals surface area contributed by atoms with Crippen molar-refractivity contribution in [1.29, 1.82) is 0 Å². The van der Waals surface area contributed by atoms with Gasteiger partial charge in [-0.05, 0) is 12.1 Å². The maximum Gasteiger partial charge on any atom is 0.131 e. The molecule has 1 heterocycles. The fourth-order valence-electron chi connectivity index (χ4n) is 1.66. The van der Waals surface area contributed by atoms with Crippen LogP contribution in [0.1, 0.15) is 5.01 Å². The van der Waals surface area contributed by atoms with E-state index in [1.807, 2.05) is 23.6 Å². The maximum atomic E-state index is 8.89. The second kappa shape index (κ2) is 5.84. The monoisotopic (exact) mass is 265 g/mol. The van der Waals surface area contributed by atoms with E-state index in [-0.39, 0.29) is 6.61 Å². The van der Waals surface area contributed by atoms with E-state index >= 15 is 0 Å². The van der Waals surface area contributed by atoms with Gasteiger partial charge < -0.3 is 14.6 Å². The van der Waals surface area contributed by atoms with Crippen molar-refractivity contribution in [2.45, 2.75) is 6.42 Å². The predicted octanol–water partition coefficient (Wildman–Crippen LogP) is 2.36. The number of aliphatic hydroxyl groups excluding tert-OH is 1. The Bertz CT molecular complexity index is 525. The number of hydrogen-bond acceptors (Lipinski definition) is 5. The first-order chi connectivity index (χ1) is 8.78. The average Bonchev–Trinajstić information content (AvgIpc) is 2.87. The molecule has 96 valence electrons. The summed E-state index contributed by atoms with van der Waals surface area (Å²) in [6.45, 7) is 0.118. The minimum atomic E-state index is 0.118. The van der Waals surface area contributed by atoms with E-state index in [1.54, 1.807) is 25.6 Å². The Kier molecular flexibility index (Phi) is 4.17. The van der Waals surface area contributed by atoms with Crippen molar-refractivity contribution >= 4 is 11.3 Å². The van der Waals surface area contributed by atoms with Crippen molar-refractivity contribution < 1.29 is 14.6 Å². The number of methoxy groups -OCH3 is 2. The first kappa shape index (κ1) is 12.9. The van der Waals surface area contributed by atoms with Crippen molar-refractivity contribution in [2.24, 2.45) is 0 Å². The lowest BCUT2D eigenvalue weighted by Gasteiger charge is -2.08. The van der Waals surface area contributed by atoms with E-state index in [2.05, 4.69) is 4.98 Å². The third-order valence-electron chi connectivity index (χ3n) is 2.56. The highest BCUT2D eigenvalue weighted by Crippen LogP contribution is 2.33.